The van der Waals surface area contributed by atoms with Crippen molar-refractivity contribution in [3.63, 3.8) is 0 Å². The molecule has 3 rings (SSSR count). The highest BCUT2D eigenvalue weighted by Gasteiger charge is 2.25. The van der Waals surface area contributed by atoms with E-state index in [-0.39, 0.29) is 5.91 Å². The zero-order valence-electron chi connectivity index (χ0n) is 12.1. The van der Waals surface area contributed by atoms with E-state index in [9.17, 15) is 4.79 Å². The van der Waals surface area contributed by atoms with Crippen LogP contribution < -0.4 is 5.73 Å². The fourth-order valence-electron chi connectivity index (χ4n) is 3.33. The second-order valence-corrected chi connectivity index (χ2v) is 5.61. The number of fused-ring (bicyclic) bond motifs is 1. The van der Waals surface area contributed by atoms with Crippen LogP contribution in [0.3, 0.4) is 0 Å². The molecule has 110 valence electrons. The van der Waals surface area contributed by atoms with Gasteiger partial charge in [-0.3, -0.25) is 4.79 Å². The van der Waals surface area contributed by atoms with E-state index in [1.54, 1.807) is 0 Å². The number of rotatable bonds is 3. The minimum atomic E-state index is 0.0311. The van der Waals surface area contributed by atoms with Gasteiger partial charge < -0.3 is 15.6 Å². The number of hydrogen-bond acceptors (Lipinski definition) is 2. The molecule has 1 atom stereocenters. The molecule has 1 amide bonds. The first-order valence-corrected chi connectivity index (χ1v) is 7.45. The number of nitrogens with one attached hydrogen (secondary N) is 1. The van der Waals surface area contributed by atoms with Gasteiger partial charge in [0.15, 0.2) is 0 Å². The van der Waals surface area contributed by atoms with E-state index in [2.05, 4.69) is 29.8 Å². The molecule has 0 saturated carbocycles. The van der Waals surface area contributed by atoms with Gasteiger partial charge in [0.1, 0.15) is 0 Å². The first kappa shape index (κ1) is 13.9. The number of amides is 1. The Morgan fingerprint density at radius 1 is 1.48 bits per heavy atom. The third kappa shape index (κ3) is 2.47. The summed E-state index contributed by atoms with van der Waals surface area (Å²) >= 11 is 0. The average Bonchev–Trinajstić information content (AvgIpc) is 3.03. The van der Waals surface area contributed by atoms with Gasteiger partial charge in [0.05, 0.1) is 5.52 Å². The molecule has 21 heavy (non-hydrogen) atoms. The predicted molar refractivity (Wildman–Crippen MR) is 84.9 cm³/mol. The van der Waals surface area contributed by atoms with E-state index in [0.717, 1.165) is 37.0 Å². The number of likely N-dealkylation sites (tertiary alicyclic amines) is 1. The Balaban J connectivity index is 1.95. The molecule has 2 aromatic rings. The molecule has 4 nitrogen and oxygen atoms in total. The van der Waals surface area contributed by atoms with Gasteiger partial charge in [0.2, 0.25) is 5.91 Å². The van der Waals surface area contributed by atoms with Crippen molar-refractivity contribution in [3.8, 4) is 0 Å². The topological polar surface area (TPSA) is 62.1 Å². The van der Waals surface area contributed by atoms with Gasteiger partial charge in [0, 0.05) is 37.1 Å². The highest BCUT2D eigenvalue weighted by atomic mass is 16.2. The van der Waals surface area contributed by atoms with Crippen molar-refractivity contribution in [1.82, 2.24) is 9.88 Å². The molecule has 0 aliphatic carbocycles. The Bertz CT molecular complexity index is 674. The van der Waals surface area contributed by atoms with Crippen LogP contribution in [0.25, 0.3) is 10.9 Å². The summed E-state index contributed by atoms with van der Waals surface area (Å²) < 4.78 is 0. The van der Waals surface area contributed by atoms with Gasteiger partial charge >= 0.3 is 0 Å². The van der Waals surface area contributed by atoms with Crippen molar-refractivity contribution in [2.75, 3.05) is 13.1 Å². The SMILES string of the molecule is C=CC(=O)N1CCCC(c2ccc(CN)c3[nH]ccc23)C1. The highest BCUT2D eigenvalue weighted by Crippen LogP contribution is 2.33. The molecular weight excluding hydrogens is 262 g/mol. The summed E-state index contributed by atoms with van der Waals surface area (Å²) in [6.45, 7) is 5.72. The van der Waals surface area contributed by atoms with E-state index in [0.29, 0.717) is 12.5 Å². The number of piperidine rings is 1. The molecule has 0 radical (unpaired) electrons. The first-order valence-electron chi connectivity index (χ1n) is 7.45. The normalized spacial score (nSPS) is 18.9. The van der Waals surface area contributed by atoms with E-state index in [1.165, 1.54) is 17.0 Å². The fraction of sp³-hybridized carbons (Fsp3) is 0.353. The molecule has 4 heteroatoms. The number of aromatic amines is 1. The standard InChI is InChI=1S/C17H21N3O/c1-2-16(21)20-9-3-4-13(11-20)14-6-5-12(10-18)17-15(14)7-8-19-17/h2,5-8,13,19H,1,3-4,9-11,18H2. The van der Waals surface area contributed by atoms with Crippen molar-refractivity contribution in [2.45, 2.75) is 25.3 Å². The maximum Gasteiger partial charge on any atom is 0.245 e. The predicted octanol–water partition coefficient (Wildman–Crippen LogP) is 2.52. The third-order valence-electron chi connectivity index (χ3n) is 4.41. The lowest BCUT2D eigenvalue weighted by Gasteiger charge is -2.32. The van der Waals surface area contributed by atoms with Crippen LogP contribution >= 0.6 is 0 Å². The van der Waals surface area contributed by atoms with Crippen LogP contribution in [0.2, 0.25) is 0 Å². The minimum Gasteiger partial charge on any atom is -0.361 e. The number of carbonyl (C=O) groups is 1. The summed E-state index contributed by atoms with van der Waals surface area (Å²) in [4.78, 5) is 17.0. The number of H-pyrrole nitrogens is 1. The molecule has 1 aromatic heterocycles. The van der Waals surface area contributed by atoms with Crippen LogP contribution in [0.5, 0.6) is 0 Å². The van der Waals surface area contributed by atoms with Gasteiger partial charge in [0.25, 0.3) is 0 Å². The summed E-state index contributed by atoms with van der Waals surface area (Å²) in [7, 11) is 0. The summed E-state index contributed by atoms with van der Waals surface area (Å²) in [5.74, 6) is 0.413. The number of nitrogens with two attached hydrogens (primary N) is 1. The highest BCUT2D eigenvalue weighted by molar-refractivity contribution is 5.88. The second kappa shape index (κ2) is 5.74. The molecule has 1 unspecified atom stereocenters. The van der Waals surface area contributed by atoms with E-state index < -0.39 is 0 Å². The Kier molecular flexibility index (Phi) is 3.80. The largest absolute Gasteiger partial charge is 0.361 e. The first-order chi connectivity index (χ1) is 10.2. The average molecular weight is 283 g/mol. The molecule has 2 heterocycles. The maximum absolute atomic E-state index is 11.8. The number of hydrogen-bond donors (Lipinski definition) is 2. The Hall–Kier alpha value is -2.07. The van der Waals surface area contributed by atoms with Crippen molar-refractivity contribution in [3.05, 3.63) is 48.2 Å². The van der Waals surface area contributed by atoms with Crippen molar-refractivity contribution in [1.29, 1.82) is 0 Å². The van der Waals surface area contributed by atoms with E-state index in [1.807, 2.05) is 11.1 Å². The summed E-state index contributed by atoms with van der Waals surface area (Å²) in [6, 6.07) is 6.38. The third-order valence-corrected chi connectivity index (χ3v) is 4.41. The molecule has 3 N–H and O–H groups in total. The Morgan fingerprint density at radius 3 is 3.10 bits per heavy atom. The number of carbonyl (C=O) groups excluding carboxylic acids is 1. The van der Waals surface area contributed by atoms with Crippen LogP contribution in [0, 0.1) is 0 Å². The van der Waals surface area contributed by atoms with Crippen molar-refractivity contribution >= 4 is 16.8 Å². The molecule has 1 aliphatic rings. The van der Waals surface area contributed by atoms with Gasteiger partial charge in [-0.25, -0.2) is 0 Å². The monoisotopic (exact) mass is 283 g/mol. The van der Waals surface area contributed by atoms with Crippen LogP contribution in [0.4, 0.5) is 0 Å². The number of nitrogens with zero attached hydrogens (tertiary/aromatic N) is 1. The van der Waals surface area contributed by atoms with Crippen LogP contribution in [-0.2, 0) is 11.3 Å². The molecule has 1 saturated heterocycles. The summed E-state index contributed by atoms with van der Waals surface area (Å²) in [5, 5.41) is 1.23. The van der Waals surface area contributed by atoms with Crippen LogP contribution in [-0.4, -0.2) is 28.9 Å². The van der Waals surface area contributed by atoms with Crippen LogP contribution in [0.1, 0.15) is 29.9 Å². The van der Waals surface area contributed by atoms with E-state index >= 15 is 0 Å². The number of benzene rings is 1. The molecule has 0 spiro atoms. The lowest BCUT2D eigenvalue weighted by molar-refractivity contribution is -0.127. The second-order valence-electron chi connectivity index (χ2n) is 5.61. The molecule has 1 fully saturated rings. The molecule has 1 aliphatic heterocycles. The Labute approximate surface area is 124 Å². The number of aromatic nitrogens is 1. The summed E-state index contributed by atoms with van der Waals surface area (Å²) in [5.41, 5.74) is 9.37. The zero-order chi connectivity index (χ0) is 14.8. The Morgan fingerprint density at radius 2 is 2.33 bits per heavy atom. The summed E-state index contributed by atoms with van der Waals surface area (Å²) in [6.07, 6.45) is 5.52. The fourth-order valence-corrected chi connectivity index (χ4v) is 3.33. The molecule has 1 aromatic carbocycles. The van der Waals surface area contributed by atoms with Gasteiger partial charge in [-0.15, -0.1) is 0 Å². The maximum atomic E-state index is 11.8. The zero-order valence-corrected chi connectivity index (χ0v) is 12.1. The van der Waals surface area contributed by atoms with E-state index in [4.69, 9.17) is 5.73 Å². The van der Waals surface area contributed by atoms with Crippen molar-refractivity contribution < 1.29 is 4.79 Å². The minimum absolute atomic E-state index is 0.0311. The smallest absolute Gasteiger partial charge is 0.245 e. The lowest BCUT2D eigenvalue weighted by Crippen LogP contribution is -2.38. The van der Waals surface area contributed by atoms with Crippen molar-refractivity contribution in [2.24, 2.45) is 5.73 Å². The molecule has 0 bridgehead atoms. The van der Waals surface area contributed by atoms with Crippen LogP contribution in [0.15, 0.2) is 37.1 Å². The quantitative estimate of drug-likeness (QED) is 0.850. The van der Waals surface area contributed by atoms with Gasteiger partial charge in [-0.2, -0.15) is 0 Å². The lowest BCUT2D eigenvalue weighted by atomic mass is 9.87. The van der Waals surface area contributed by atoms with Gasteiger partial charge in [-0.05, 0) is 36.1 Å². The molecular formula is C17H21N3O. The van der Waals surface area contributed by atoms with Gasteiger partial charge in [-0.1, -0.05) is 18.7 Å².